The van der Waals surface area contributed by atoms with Crippen LogP contribution in [-0.4, -0.2) is 19.0 Å². The van der Waals surface area contributed by atoms with Crippen molar-refractivity contribution in [3.8, 4) is 5.75 Å². The molecule has 0 saturated carbocycles. The van der Waals surface area contributed by atoms with Gasteiger partial charge >= 0.3 is 5.97 Å². The van der Waals surface area contributed by atoms with Gasteiger partial charge in [0.2, 0.25) is 6.10 Å². The summed E-state index contributed by atoms with van der Waals surface area (Å²) in [4.78, 5) is 26.2. The van der Waals surface area contributed by atoms with Gasteiger partial charge in [-0.15, -0.1) is 11.3 Å². The number of rotatable bonds is 6. The molecule has 3 aromatic rings. The van der Waals surface area contributed by atoms with E-state index in [0.29, 0.717) is 21.9 Å². The molecule has 0 aliphatic heterocycles. The van der Waals surface area contributed by atoms with E-state index in [1.165, 1.54) is 18.4 Å². The highest BCUT2D eigenvalue weighted by Gasteiger charge is 2.27. The van der Waals surface area contributed by atoms with Crippen LogP contribution in [0.25, 0.3) is 0 Å². The molecule has 1 amide bonds. The maximum Gasteiger partial charge on any atom is 0.349 e. The second-order valence-corrected chi connectivity index (χ2v) is 7.24. The number of benzene rings is 2. The largest absolute Gasteiger partial charge is 0.495 e. The van der Waals surface area contributed by atoms with Crippen LogP contribution in [0.3, 0.4) is 0 Å². The summed E-state index contributed by atoms with van der Waals surface area (Å²) in [5.41, 5.74) is 2.91. The van der Waals surface area contributed by atoms with Crippen molar-refractivity contribution < 1.29 is 19.1 Å². The standard InChI is InChI=1S/C22H21NO4S/c1-14-9-10-18(26-3)17(13-14)23-21(24)19(16-7-5-4-6-8-16)27-22(25)20-15(2)11-12-28-20/h4-13,19H,1-3H3,(H,23,24). The average Bonchev–Trinajstić information content (AvgIpc) is 3.13. The molecule has 1 unspecified atom stereocenters. The van der Waals surface area contributed by atoms with Crippen LogP contribution in [0, 0.1) is 13.8 Å². The van der Waals surface area contributed by atoms with E-state index < -0.39 is 18.0 Å². The lowest BCUT2D eigenvalue weighted by molar-refractivity contribution is -0.125. The molecule has 0 aliphatic rings. The van der Waals surface area contributed by atoms with Gasteiger partial charge in [-0.2, -0.15) is 0 Å². The van der Waals surface area contributed by atoms with Crippen molar-refractivity contribution in [2.24, 2.45) is 0 Å². The van der Waals surface area contributed by atoms with Crippen molar-refractivity contribution in [2.75, 3.05) is 12.4 Å². The van der Waals surface area contributed by atoms with Gasteiger partial charge in [-0.1, -0.05) is 36.4 Å². The van der Waals surface area contributed by atoms with Crippen LogP contribution < -0.4 is 10.1 Å². The van der Waals surface area contributed by atoms with E-state index in [2.05, 4.69) is 5.32 Å². The van der Waals surface area contributed by atoms with Crippen LogP contribution in [0.4, 0.5) is 5.69 Å². The number of carbonyl (C=O) groups is 2. The number of nitrogens with one attached hydrogen (secondary N) is 1. The SMILES string of the molecule is COc1ccc(C)cc1NC(=O)C(OC(=O)c1sccc1C)c1ccccc1. The van der Waals surface area contributed by atoms with Gasteiger partial charge in [-0.3, -0.25) is 4.79 Å². The lowest BCUT2D eigenvalue weighted by Crippen LogP contribution is -2.26. The van der Waals surface area contributed by atoms with Crippen molar-refractivity contribution in [1.82, 2.24) is 0 Å². The Balaban J connectivity index is 1.89. The fourth-order valence-electron chi connectivity index (χ4n) is 2.76. The summed E-state index contributed by atoms with van der Waals surface area (Å²) in [5, 5.41) is 4.65. The quantitative estimate of drug-likeness (QED) is 0.602. The van der Waals surface area contributed by atoms with Gasteiger partial charge < -0.3 is 14.8 Å². The molecule has 0 spiro atoms. The zero-order valence-corrected chi connectivity index (χ0v) is 16.7. The van der Waals surface area contributed by atoms with Crippen LogP contribution >= 0.6 is 11.3 Å². The van der Waals surface area contributed by atoms with Gasteiger partial charge in [0, 0.05) is 5.56 Å². The number of aryl methyl sites for hydroxylation is 2. The van der Waals surface area contributed by atoms with Gasteiger partial charge in [0.05, 0.1) is 12.8 Å². The lowest BCUT2D eigenvalue weighted by Gasteiger charge is -2.19. The van der Waals surface area contributed by atoms with E-state index in [1.54, 1.807) is 30.3 Å². The van der Waals surface area contributed by atoms with Gasteiger partial charge in [0.1, 0.15) is 10.6 Å². The molecule has 0 saturated heterocycles. The van der Waals surface area contributed by atoms with E-state index in [0.717, 1.165) is 11.1 Å². The third-order valence-corrected chi connectivity index (χ3v) is 5.22. The number of thiophene rings is 1. The minimum absolute atomic E-state index is 0.447. The number of ether oxygens (including phenoxy) is 2. The minimum Gasteiger partial charge on any atom is -0.495 e. The molecule has 0 fully saturated rings. The first kappa shape index (κ1) is 19.6. The minimum atomic E-state index is -1.08. The molecule has 6 heteroatoms. The second kappa shape index (κ2) is 8.71. The highest BCUT2D eigenvalue weighted by Crippen LogP contribution is 2.29. The number of methoxy groups -OCH3 is 1. The molecule has 0 bridgehead atoms. The number of hydrogen-bond donors (Lipinski definition) is 1. The molecule has 2 aromatic carbocycles. The zero-order chi connectivity index (χ0) is 20.1. The van der Waals surface area contributed by atoms with Crippen molar-refractivity contribution >= 4 is 28.9 Å². The molecule has 0 radical (unpaired) electrons. The summed E-state index contributed by atoms with van der Waals surface area (Å²) in [6.07, 6.45) is -1.08. The van der Waals surface area contributed by atoms with E-state index in [-0.39, 0.29) is 0 Å². The first-order valence-electron chi connectivity index (χ1n) is 8.75. The van der Waals surface area contributed by atoms with Crippen molar-refractivity contribution in [3.63, 3.8) is 0 Å². The molecule has 1 atom stereocenters. The Morgan fingerprint density at radius 3 is 2.43 bits per heavy atom. The molecule has 28 heavy (non-hydrogen) atoms. The van der Waals surface area contributed by atoms with Crippen LogP contribution in [0.1, 0.15) is 32.5 Å². The van der Waals surface area contributed by atoms with E-state index in [1.807, 2.05) is 43.5 Å². The first-order chi connectivity index (χ1) is 13.5. The maximum atomic E-state index is 13.0. The second-order valence-electron chi connectivity index (χ2n) is 6.32. The van der Waals surface area contributed by atoms with E-state index in [9.17, 15) is 9.59 Å². The van der Waals surface area contributed by atoms with Crippen LogP contribution in [0.2, 0.25) is 0 Å². The number of amides is 1. The summed E-state index contributed by atoms with van der Waals surface area (Å²) in [7, 11) is 1.54. The van der Waals surface area contributed by atoms with Gasteiger partial charge in [-0.05, 0) is 48.6 Å². The molecule has 0 aliphatic carbocycles. The zero-order valence-electron chi connectivity index (χ0n) is 15.9. The molecular weight excluding hydrogens is 374 g/mol. The molecule has 5 nitrogen and oxygen atoms in total. The highest BCUT2D eigenvalue weighted by molar-refractivity contribution is 7.12. The average molecular weight is 395 g/mol. The summed E-state index contributed by atoms with van der Waals surface area (Å²) in [6.45, 7) is 3.76. The number of esters is 1. The molecule has 3 rings (SSSR count). The normalized spacial score (nSPS) is 11.5. The Labute approximate surface area is 167 Å². The number of carbonyl (C=O) groups excluding carboxylic acids is 2. The predicted molar refractivity (Wildman–Crippen MR) is 110 cm³/mol. The Morgan fingerprint density at radius 2 is 1.79 bits per heavy atom. The van der Waals surface area contributed by atoms with Gasteiger partial charge in [0.15, 0.2) is 0 Å². The molecule has 1 heterocycles. The fourth-order valence-corrected chi connectivity index (χ4v) is 3.57. The predicted octanol–water partition coefficient (Wildman–Crippen LogP) is 4.91. The van der Waals surface area contributed by atoms with Crippen molar-refractivity contribution in [1.29, 1.82) is 0 Å². The Morgan fingerprint density at radius 1 is 1.04 bits per heavy atom. The Bertz CT molecular complexity index is 981. The lowest BCUT2D eigenvalue weighted by atomic mass is 10.1. The molecule has 1 aromatic heterocycles. The Kier molecular flexibility index (Phi) is 6.11. The summed E-state index contributed by atoms with van der Waals surface area (Å²) < 4.78 is 10.9. The summed E-state index contributed by atoms with van der Waals surface area (Å²) in [5.74, 6) is -0.434. The van der Waals surface area contributed by atoms with Crippen molar-refractivity contribution in [2.45, 2.75) is 20.0 Å². The smallest absolute Gasteiger partial charge is 0.349 e. The van der Waals surface area contributed by atoms with Gasteiger partial charge in [0.25, 0.3) is 5.91 Å². The number of hydrogen-bond acceptors (Lipinski definition) is 5. The maximum absolute atomic E-state index is 13.0. The van der Waals surface area contributed by atoms with E-state index in [4.69, 9.17) is 9.47 Å². The molecular formula is C22H21NO4S. The third kappa shape index (κ3) is 4.40. The fraction of sp³-hybridized carbons (Fsp3) is 0.182. The first-order valence-corrected chi connectivity index (χ1v) is 9.63. The number of anilines is 1. The van der Waals surface area contributed by atoms with Crippen LogP contribution in [0.15, 0.2) is 60.0 Å². The molecule has 1 N–H and O–H groups in total. The summed E-state index contributed by atoms with van der Waals surface area (Å²) in [6, 6.07) is 16.3. The van der Waals surface area contributed by atoms with Crippen LogP contribution in [-0.2, 0) is 9.53 Å². The third-order valence-electron chi connectivity index (χ3n) is 4.23. The highest BCUT2D eigenvalue weighted by atomic mass is 32.1. The van der Waals surface area contributed by atoms with Crippen LogP contribution in [0.5, 0.6) is 5.75 Å². The topological polar surface area (TPSA) is 64.6 Å². The monoisotopic (exact) mass is 395 g/mol. The van der Waals surface area contributed by atoms with Crippen molar-refractivity contribution in [3.05, 3.63) is 81.5 Å². The Hall–Kier alpha value is -3.12. The summed E-state index contributed by atoms with van der Waals surface area (Å²) >= 11 is 1.29. The van der Waals surface area contributed by atoms with Gasteiger partial charge in [-0.25, -0.2) is 4.79 Å². The molecule has 144 valence electrons. The van der Waals surface area contributed by atoms with E-state index >= 15 is 0 Å².